The van der Waals surface area contributed by atoms with E-state index in [0.717, 1.165) is 30.5 Å². The second-order valence-electron chi connectivity index (χ2n) is 6.50. The molecule has 0 radical (unpaired) electrons. The highest BCUT2D eigenvalue weighted by Crippen LogP contribution is 2.21. The van der Waals surface area contributed by atoms with Gasteiger partial charge in [0, 0.05) is 39.1 Å². The van der Waals surface area contributed by atoms with Gasteiger partial charge in [-0.2, -0.15) is 0 Å². The zero-order valence-electron chi connectivity index (χ0n) is 14.6. The Labute approximate surface area is 154 Å². The van der Waals surface area contributed by atoms with Crippen molar-refractivity contribution in [2.75, 3.05) is 19.6 Å². The lowest BCUT2D eigenvalue weighted by molar-refractivity contribution is -0.121. The molecule has 1 amide bonds. The van der Waals surface area contributed by atoms with Crippen LogP contribution in [0.25, 0.3) is 11.0 Å². The molecule has 8 heteroatoms. The summed E-state index contributed by atoms with van der Waals surface area (Å²) in [4.78, 5) is 14.1. The number of aromatic nitrogens is 3. The van der Waals surface area contributed by atoms with E-state index in [0.29, 0.717) is 25.6 Å². The van der Waals surface area contributed by atoms with Crippen molar-refractivity contribution in [1.82, 2.24) is 25.2 Å². The Balaban J connectivity index is 0.00000225. The summed E-state index contributed by atoms with van der Waals surface area (Å²) in [6, 6.07) is 6.72. The number of nitrogens with zero attached hydrogens (tertiary/aromatic N) is 4. The van der Waals surface area contributed by atoms with Crippen molar-refractivity contribution >= 4 is 29.3 Å². The zero-order valence-corrected chi connectivity index (χ0v) is 15.5. The monoisotopic (exact) mass is 366 g/mol. The van der Waals surface area contributed by atoms with Crippen LogP contribution in [0.15, 0.2) is 18.2 Å². The van der Waals surface area contributed by atoms with Crippen LogP contribution >= 0.6 is 12.4 Å². The van der Waals surface area contributed by atoms with Crippen molar-refractivity contribution in [1.29, 1.82) is 0 Å². The van der Waals surface area contributed by atoms with E-state index in [2.05, 4.69) is 38.7 Å². The number of nitrogens with one attached hydrogen (secondary N) is 1. The normalized spacial score (nSPS) is 18.1. The topological polar surface area (TPSA) is 89.1 Å². The number of aryl methyl sites for hydroxylation is 1. The molecule has 1 aromatic heterocycles. The van der Waals surface area contributed by atoms with Gasteiger partial charge >= 0.3 is 0 Å². The van der Waals surface area contributed by atoms with Crippen molar-refractivity contribution in [2.45, 2.75) is 38.3 Å². The van der Waals surface area contributed by atoms with Gasteiger partial charge in [0.1, 0.15) is 5.52 Å². The fourth-order valence-electron chi connectivity index (χ4n) is 3.37. The fraction of sp³-hybridized carbons (Fsp3) is 0.588. The number of nitrogens with two attached hydrogens (primary N) is 1. The molecule has 1 atom stereocenters. The lowest BCUT2D eigenvalue weighted by atomic mass is 10.0. The van der Waals surface area contributed by atoms with E-state index in [9.17, 15) is 4.79 Å². The molecular formula is C17H27ClN6O. The second-order valence-corrected chi connectivity index (χ2v) is 6.50. The molecule has 1 aliphatic rings. The third kappa shape index (κ3) is 4.90. The smallest absolute Gasteiger partial charge is 0.221 e. The van der Waals surface area contributed by atoms with Crippen molar-refractivity contribution in [3.63, 3.8) is 0 Å². The van der Waals surface area contributed by atoms with E-state index >= 15 is 0 Å². The number of fused-ring (bicyclic) bond motifs is 1. The van der Waals surface area contributed by atoms with Crippen LogP contribution in [0.3, 0.4) is 0 Å². The Morgan fingerprint density at radius 1 is 1.40 bits per heavy atom. The summed E-state index contributed by atoms with van der Waals surface area (Å²) in [5, 5.41) is 11.3. The molecule has 0 bridgehead atoms. The first kappa shape index (κ1) is 19.6. The maximum atomic E-state index is 11.7. The van der Waals surface area contributed by atoms with E-state index in [1.165, 1.54) is 18.4 Å². The van der Waals surface area contributed by atoms with Crippen LogP contribution in [0.4, 0.5) is 0 Å². The van der Waals surface area contributed by atoms with Crippen molar-refractivity contribution in [3.05, 3.63) is 23.8 Å². The van der Waals surface area contributed by atoms with E-state index in [-0.39, 0.29) is 18.3 Å². The summed E-state index contributed by atoms with van der Waals surface area (Å²) < 4.78 is 1.79. The molecule has 1 aromatic carbocycles. The average molecular weight is 367 g/mol. The lowest BCUT2D eigenvalue weighted by Gasteiger charge is -2.35. The van der Waals surface area contributed by atoms with Gasteiger partial charge in [0.25, 0.3) is 0 Å². The molecule has 3 N–H and O–H groups in total. The summed E-state index contributed by atoms with van der Waals surface area (Å²) in [6.45, 7) is 3.05. The molecule has 0 saturated carbocycles. The van der Waals surface area contributed by atoms with E-state index in [4.69, 9.17) is 5.73 Å². The number of hydrogen-bond acceptors (Lipinski definition) is 5. The molecule has 1 fully saturated rings. The highest BCUT2D eigenvalue weighted by molar-refractivity contribution is 5.85. The summed E-state index contributed by atoms with van der Waals surface area (Å²) in [6.07, 6.45) is 3.95. The van der Waals surface area contributed by atoms with E-state index in [1.807, 2.05) is 7.05 Å². The minimum absolute atomic E-state index is 0. The Morgan fingerprint density at radius 2 is 2.24 bits per heavy atom. The Morgan fingerprint density at radius 3 is 3.04 bits per heavy atom. The SMILES string of the molecule is Cl.Cn1nnc2cc(CN3CCCCC3CNC(=O)CCN)ccc21. The Hall–Kier alpha value is -1.70. The first-order valence-corrected chi connectivity index (χ1v) is 8.66. The molecule has 1 aliphatic heterocycles. The third-order valence-electron chi connectivity index (χ3n) is 4.72. The number of hydrogen-bond donors (Lipinski definition) is 2. The van der Waals surface area contributed by atoms with Gasteiger partial charge in [-0.05, 0) is 37.1 Å². The van der Waals surface area contributed by atoms with Crippen LogP contribution in [-0.4, -0.2) is 51.5 Å². The number of piperidine rings is 1. The van der Waals surface area contributed by atoms with Crippen LogP contribution < -0.4 is 11.1 Å². The van der Waals surface area contributed by atoms with Gasteiger partial charge in [-0.1, -0.05) is 17.7 Å². The molecule has 0 aliphatic carbocycles. The predicted octanol–water partition coefficient (Wildman–Crippen LogP) is 1.21. The molecule has 2 heterocycles. The molecule has 1 saturated heterocycles. The predicted molar refractivity (Wildman–Crippen MR) is 100 cm³/mol. The second kappa shape index (κ2) is 9.12. The number of likely N-dealkylation sites (tertiary alicyclic amines) is 1. The minimum Gasteiger partial charge on any atom is -0.354 e. The van der Waals surface area contributed by atoms with Gasteiger partial charge in [0.15, 0.2) is 0 Å². The van der Waals surface area contributed by atoms with Gasteiger partial charge in [0.05, 0.1) is 5.52 Å². The summed E-state index contributed by atoms with van der Waals surface area (Å²) in [5.74, 6) is 0.0454. The van der Waals surface area contributed by atoms with Gasteiger partial charge in [0.2, 0.25) is 5.91 Å². The average Bonchev–Trinajstić information content (AvgIpc) is 2.95. The summed E-state index contributed by atoms with van der Waals surface area (Å²) in [7, 11) is 1.90. The van der Waals surface area contributed by atoms with Gasteiger partial charge in [-0.25, -0.2) is 4.68 Å². The first-order chi connectivity index (χ1) is 11.7. The standard InChI is InChI=1S/C17H26N6O.ClH/c1-22-16-6-5-13(10-15(16)20-21-22)12-23-9-3-2-4-14(23)11-19-17(24)7-8-18;/h5-6,10,14H,2-4,7-9,11-12,18H2,1H3,(H,19,24);1H. The van der Waals surface area contributed by atoms with E-state index in [1.54, 1.807) is 4.68 Å². The van der Waals surface area contributed by atoms with Crippen LogP contribution in [0.5, 0.6) is 0 Å². The molecule has 1 unspecified atom stereocenters. The van der Waals surface area contributed by atoms with Crippen molar-refractivity contribution < 1.29 is 4.79 Å². The third-order valence-corrected chi connectivity index (χ3v) is 4.72. The number of halogens is 1. The van der Waals surface area contributed by atoms with Crippen molar-refractivity contribution in [2.24, 2.45) is 12.8 Å². The summed E-state index contributed by atoms with van der Waals surface area (Å²) >= 11 is 0. The minimum atomic E-state index is 0. The van der Waals surface area contributed by atoms with E-state index < -0.39 is 0 Å². The number of benzene rings is 1. The Bertz CT molecular complexity index is 704. The van der Waals surface area contributed by atoms with Gasteiger partial charge < -0.3 is 11.1 Å². The lowest BCUT2D eigenvalue weighted by Crippen LogP contribution is -2.46. The molecule has 2 aromatic rings. The van der Waals surface area contributed by atoms with Gasteiger partial charge in [-0.15, -0.1) is 17.5 Å². The highest BCUT2D eigenvalue weighted by Gasteiger charge is 2.23. The molecule has 138 valence electrons. The quantitative estimate of drug-likeness (QED) is 0.802. The number of carbonyl (C=O) groups excluding carboxylic acids is 1. The van der Waals surface area contributed by atoms with Crippen LogP contribution in [0, 0.1) is 0 Å². The molecular weight excluding hydrogens is 340 g/mol. The molecule has 25 heavy (non-hydrogen) atoms. The van der Waals surface area contributed by atoms with Crippen molar-refractivity contribution in [3.8, 4) is 0 Å². The highest BCUT2D eigenvalue weighted by atomic mass is 35.5. The van der Waals surface area contributed by atoms with Crippen LogP contribution in [0.2, 0.25) is 0 Å². The maximum Gasteiger partial charge on any atom is 0.221 e. The fourth-order valence-corrected chi connectivity index (χ4v) is 3.37. The molecule has 7 nitrogen and oxygen atoms in total. The zero-order chi connectivity index (χ0) is 16.9. The number of rotatable bonds is 6. The van der Waals surface area contributed by atoms with Gasteiger partial charge in [-0.3, -0.25) is 9.69 Å². The number of carbonyl (C=O) groups is 1. The first-order valence-electron chi connectivity index (χ1n) is 8.66. The van der Waals surface area contributed by atoms with Crippen LogP contribution in [0.1, 0.15) is 31.2 Å². The summed E-state index contributed by atoms with van der Waals surface area (Å²) in [5.41, 5.74) is 8.64. The van der Waals surface area contributed by atoms with Crippen LogP contribution in [-0.2, 0) is 18.4 Å². The number of amides is 1. The Kier molecular flexibility index (Phi) is 7.16. The molecule has 3 rings (SSSR count). The largest absolute Gasteiger partial charge is 0.354 e. The molecule has 0 spiro atoms. The maximum absolute atomic E-state index is 11.7.